The maximum Gasteiger partial charge on any atom is 0.146 e. The Morgan fingerprint density at radius 1 is 0.242 bits per heavy atom. The van der Waals surface area contributed by atoms with Crippen LogP contribution in [-0.2, 0) is 0 Å². The highest BCUT2D eigenvalue weighted by Crippen LogP contribution is 2.42. The molecule has 0 fully saturated rings. The Kier molecular flexibility index (Phi) is 16.4. The minimum atomic E-state index is -1.77. The SMILES string of the molecule is CC(C)[Si](C#Cc1ccc(C#Cc2ccc(C#Cc3ccc(C#Cc4cccc(C#Cc5ccc(C#C[Si](C(C)C)(C(C)C)C(C)C)cc5)c4)cc3)cc2)cc1)(C(C)C)C(C)C. The standard InChI is InChI=1S/C60H62Si2/c1-45(2)61(46(3)4,47(5)6)42-40-57-32-28-54(29-33-57)23-22-52-18-16-51(17-19-52)20-21-53-24-26-55(27-25-53)36-38-59-14-13-15-60(44-59)39-37-56-30-34-58(35-31-56)41-43-62(48(7)8,49(9)10)50(11)12/h13-19,24-35,44-50H,1-12H3. The Morgan fingerprint density at radius 3 is 0.613 bits per heavy atom. The van der Waals surface area contributed by atoms with Crippen LogP contribution in [0, 0.1) is 70.3 Å². The molecule has 0 aliphatic carbocycles. The molecule has 2 heteroatoms. The topological polar surface area (TPSA) is 0 Å². The summed E-state index contributed by atoms with van der Waals surface area (Å²) < 4.78 is 0. The first-order chi connectivity index (χ1) is 29.6. The quantitative estimate of drug-likeness (QED) is 0.118. The molecule has 0 aromatic heterocycles. The van der Waals surface area contributed by atoms with Crippen LogP contribution >= 0.6 is 0 Å². The van der Waals surface area contributed by atoms with Crippen molar-refractivity contribution >= 4 is 16.1 Å². The summed E-state index contributed by atoms with van der Waals surface area (Å²) in [6.45, 7) is 28.2. The summed E-state index contributed by atoms with van der Waals surface area (Å²) >= 11 is 0. The van der Waals surface area contributed by atoms with Crippen molar-refractivity contribution in [3.63, 3.8) is 0 Å². The number of benzene rings is 5. The number of hydrogen-bond acceptors (Lipinski definition) is 0. The van der Waals surface area contributed by atoms with Gasteiger partial charge < -0.3 is 0 Å². The first kappa shape index (κ1) is 47.0. The van der Waals surface area contributed by atoms with Crippen LogP contribution in [-0.4, -0.2) is 16.1 Å². The lowest BCUT2D eigenvalue weighted by Crippen LogP contribution is -2.43. The average molecular weight is 839 g/mol. The van der Waals surface area contributed by atoms with Gasteiger partial charge in [0.25, 0.3) is 0 Å². The molecule has 0 saturated heterocycles. The Labute approximate surface area is 377 Å². The Balaban J connectivity index is 1.17. The van der Waals surface area contributed by atoms with Gasteiger partial charge in [-0.1, -0.05) is 148 Å². The molecule has 0 aliphatic rings. The van der Waals surface area contributed by atoms with E-state index >= 15 is 0 Å². The molecule has 0 nitrogen and oxygen atoms in total. The summed E-state index contributed by atoms with van der Waals surface area (Å²) in [4.78, 5) is 0. The largest absolute Gasteiger partial charge is 0.146 e. The predicted molar refractivity (Wildman–Crippen MR) is 272 cm³/mol. The highest BCUT2D eigenvalue weighted by atomic mass is 28.3. The van der Waals surface area contributed by atoms with Crippen molar-refractivity contribution in [3.05, 3.63) is 177 Å². The van der Waals surface area contributed by atoms with Crippen molar-refractivity contribution in [2.45, 2.75) is 116 Å². The third-order valence-electron chi connectivity index (χ3n) is 12.4. The van der Waals surface area contributed by atoms with E-state index in [0.29, 0.717) is 33.2 Å². The molecular weight excluding hydrogens is 777 g/mol. The molecule has 62 heavy (non-hydrogen) atoms. The van der Waals surface area contributed by atoms with Gasteiger partial charge in [-0.2, -0.15) is 0 Å². The van der Waals surface area contributed by atoms with Crippen LogP contribution in [0.15, 0.2) is 121 Å². The summed E-state index contributed by atoms with van der Waals surface area (Å²) in [6.07, 6.45) is 0. The van der Waals surface area contributed by atoms with Gasteiger partial charge in [0.2, 0.25) is 0 Å². The van der Waals surface area contributed by atoms with E-state index in [-0.39, 0.29) is 0 Å². The van der Waals surface area contributed by atoms with Crippen molar-refractivity contribution < 1.29 is 0 Å². The lowest BCUT2D eigenvalue weighted by molar-refractivity contribution is 0.838. The van der Waals surface area contributed by atoms with Gasteiger partial charge in [-0.05, 0) is 149 Å². The summed E-state index contributed by atoms with van der Waals surface area (Å²) in [5.74, 6) is 33.5. The molecular formula is C60H62Si2. The maximum absolute atomic E-state index is 3.82. The van der Waals surface area contributed by atoms with Gasteiger partial charge in [0.05, 0.1) is 0 Å². The van der Waals surface area contributed by atoms with E-state index < -0.39 is 16.1 Å². The van der Waals surface area contributed by atoms with Crippen molar-refractivity contribution in [1.29, 1.82) is 0 Å². The van der Waals surface area contributed by atoms with Gasteiger partial charge in [-0.15, -0.1) is 11.1 Å². The Hall–Kier alpha value is -6.11. The van der Waals surface area contributed by atoms with Gasteiger partial charge in [-0.3, -0.25) is 0 Å². The smallest absolute Gasteiger partial charge is 0.125 e. The Morgan fingerprint density at radius 2 is 0.419 bits per heavy atom. The van der Waals surface area contributed by atoms with Gasteiger partial charge in [-0.25, -0.2) is 0 Å². The molecule has 0 unspecified atom stereocenters. The zero-order valence-corrected chi connectivity index (χ0v) is 41.0. The van der Waals surface area contributed by atoms with Crippen molar-refractivity contribution in [2.24, 2.45) is 0 Å². The molecule has 5 aromatic carbocycles. The molecule has 0 saturated carbocycles. The van der Waals surface area contributed by atoms with Gasteiger partial charge >= 0.3 is 0 Å². The van der Waals surface area contributed by atoms with Gasteiger partial charge in [0, 0.05) is 55.6 Å². The van der Waals surface area contributed by atoms with E-state index in [1.165, 1.54) is 0 Å². The van der Waals surface area contributed by atoms with Crippen LogP contribution in [0.3, 0.4) is 0 Å². The molecule has 0 radical (unpaired) electrons. The molecule has 0 aliphatic heterocycles. The highest BCUT2D eigenvalue weighted by molar-refractivity contribution is 6.91. The number of hydrogen-bond donors (Lipinski definition) is 0. The second-order valence-electron chi connectivity index (χ2n) is 18.2. The fourth-order valence-electron chi connectivity index (χ4n) is 9.03. The van der Waals surface area contributed by atoms with Crippen molar-refractivity contribution in [2.75, 3.05) is 0 Å². The van der Waals surface area contributed by atoms with Crippen LogP contribution in [0.1, 0.15) is 139 Å². The molecule has 0 N–H and O–H groups in total. The van der Waals surface area contributed by atoms with Crippen LogP contribution in [0.25, 0.3) is 0 Å². The lowest BCUT2D eigenvalue weighted by atomic mass is 10.1. The molecule has 5 aromatic rings. The maximum atomic E-state index is 3.82. The molecule has 0 bridgehead atoms. The first-order valence-electron chi connectivity index (χ1n) is 22.3. The van der Waals surface area contributed by atoms with E-state index in [4.69, 9.17) is 0 Å². The number of rotatable bonds is 6. The fraction of sp³-hybridized carbons (Fsp3) is 0.300. The van der Waals surface area contributed by atoms with Crippen molar-refractivity contribution in [3.8, 4) is 70.3 Å². The summed E-state index contributed by atoms with van der Waals surface area (Å²) in [5.41, 5.74) is 21.0. The van der Waals surface area contributed by atoms with Crippen molar-refractivity contribution in [1.82, 2.24) is 0 Å². The minimum Gasteiger partial charge on any atom is -0.125 e. The van der Waals surface area contributed by atoms with Gasteiger partial charge in [0.15, 0.2) is 0 Å². The second-order valence-corrected chi connectivity index (χ2v) is 29.3. The Bertz CT molecular complexity index is 2640. The fourth-order valence-corrected chi connectivity index (χ4v) is 19.5. The van der Waals surface area contributed by atoms with E-state index in [9.17, 15) is 0 Å². The van der Waals surface area contributed by atoms with Gasteiger partial charge in [0.1, 0.15) is 16.1 Å². The monoisotopic (exact) mass is 838 g/mol. The molecule has 5 rings (SSSR count). The molecule has 310 valence electrons. The zero-order chi connectivity index (χ0) is 44.9. The van der Waals surface area contributed by atoms with Crippen LogP contribution in [0.5, 0.6) is 0 Å². The van der Waals surface area contributed by atoms with Crippen LogP contribution in [0.2, 0.25) is 33.2 Å². The minimum absolute atomic E-state index is 0.615. The second kappa shape index (κ2) is 21.6. The van der Waals surface area contributed by atoms with E-state index in [2.05, 4.69) is 202 Å². The zero-order valence-electron chi connectivity index (χ0n) is 39.0. The lowest BCUT2D eigenvalue weighted by Gasteiger charge is -2.38. The average Bonchev–Trinajstić information content (AvgIpc) is 3.25. The molecule has 0 spiro atoms. The molecule has 0 atom stereocenters. The third-order valence-corrected chi connectivity index (χ3v) is 25.0. The van der Waals surface area contributed by atoms with Crippen LogP contribution < -0.4 is 0 Å². The van der Waals surface area contributed by atoms with E-state index in [1.54, 1.807) is 0 Å². The summed E-state index contributed by atoms with van der Waals surface area (Å²) in [7, 11) is -3.53. The summed E-state index contributed by atoms with van der Waals surface area (Å²) in [6, 6.07) is 40.9. The highest BCUT2D eigenvalue weighted by Gasteiger charge is 2.42. The van der Waals surface area contributed by atoms with E-state index in [0.717, 1.165) is 55.6 Å². The summed E-state index contributed by atoms with van der Waals surface area (Å²) in [5, 5.41) is 0. The van der Waals surface area contributed by atoms with E-state index in [1.807, 2.05) is 72.8 Å². The first-order valence-corrected chi connectivity index (χ1v) is 26.7. The normalized spacial score (nSPS) is 11.0. The molecule has 0 heterocycles. The predicted octanol–water partition coefficient (Wildman–Crippen LogP) is 14.4. The third kappa shape index (κ3) is 12.0. The molecule has 0 amide bonds. The van der Waals surface area contributed by atoms with Crippen LogP contribution in [0.4, 0.5) is 0 Å².